The molecule has 0 aromatic heterocycles. The molecule has 4 heteroatoms. The summed E-state index contributed by atoms with van der Waals surface area (Å²) in [6, 6.07) is 4.58. The molecule has 16 heavy (non-hydrogen) atoms. The molecule has 3 nitrogen and oxygen atoms in total. The van der Waals surface area contributed by atoms with E-state index in [0.717, 1.165) is 37.8 Å². The predicted octanol–water partition coefficient (Wildman–Crippen LogP) is 1.97. The number of hydrogen-bond donors (Lipinski definition) is 1. The van der Waals surface area contributed by atoms with Gasteiger partial charge < -0.3 is 15.4 Å². The molecule has 2 N–H and O–H groups in total. The Bertz CT molecular complexity index is 395. The van der Waals surface area contributed by atoms with Crippen LogP contribution < -0.4 is 10.6 Å². The maximum absolute atomic E-state index is 13.3. The lowest BCUT2D eigenvalue weighted by molar-refractivity contribution is -0.109. The number of halogens is 1. The highest BCUT2D eigenvalue weighted by molar-refractivity contribution is 5.67. The zero-order valence-corrected chi connectivity index (χ0v) is 9.03. The van der Waals surface area contributed by atoms with Crippen LogP contribution in [0.25, 0.3) is 0 Å². The SMILES string of the molecule is Nc1ccc(N2CCCCC2C=O)cc1F. The Morgan fingerprint density at radius 2 is 2.25 bits per heavy atom. The zero-order valence-electron chi connectivity index (χ0n) is 9.03. The quantitative estimate of drug-likeness (QED) is 0.614. The van der Waals surface area contributed by atoms with Crippen LogP contribution in [-0.4, -0.2) is 18.9 Å². The van der Waals surface area contributed by atoms with Crippen molar-refractivity contribution in [3.05, 3.63) is 24.0 Å². The fourth-order valence-electron chi connectivity index (χ4n) is 2.11. The summed E-state index contributed by atoms with van der Waals surface area (Å²) in [6.45, 7) is 0.798. The minimum Gasteiger partial charge on any atom is -0.396 e. The molecule has 1 aliphatic heterocycles. The Kier molecular flexibility index (Phi) is 3.08. The lowest BCUT2D eigenvalue weighted by atomic mass is 10.0. The second kappa shape index (κ2) is 4.51. The number of carbonyl (C=O) groups excluding carboxylic acids is 1. The summed E-state index contributed by atoms with van der Waals surface area (Å²) < 4.78 is 13.3. The van der Waals surface area contributed by atoms with Gasteiger partial charge in [-0.3, -0.25) is 0 Å². The number of hydrogen-bond acceptors (Lipinski definition) is 3. The second-order valence-corrected chi connectivity index (χ2v) is 4.10. The summed E-state index contributed by atoms with van der Waals surface area (Å²) in [5.41, 5.74) is 6.30. The van der Waals surface area contributed by atoms with Crippen LogP contribution in [-0.2, 0) is 4.79 Å². The van der Waals surface area contributed by atoms with E-state index in [2.05, 4.69) is 0 Å². The molecule has 0 saturated carbocycles. The average Bonchev–Trinajstić information content (AvgIpc) is 2.32. The van der Waals surface area contributed by atoms with Crippen molar-refractivity contribution >= 4 is 17.7 Å². The fourth-order valence-corrected chi connectivity index (χ4v) is 2.11. The van der Waals surface area contributed by atoms with Crippen molar-refractivity contribution in [2.24, 2.45) is 0 Å². The molecule has 0 aliphatic carbocycles. The van der Waals surface area contributed by atoms with Gasteiger partial charge in [0, 0.05) is 12.2 Å². The predicted molar refractivity (Wildman–Crippen MR) is 61.9 cm³/mol. The number of nitrogens with two attached hydrogens (primary N) is 1. The number of benzene rings is 1. The van der Waals surface area contributed by atoms with E-state index in [0.29, 0.717) is 0 Å². The molecular formula is C12H15FN2O. The van der Waals surface area contributed by atoms with Gasteiger partial charge in [0.05, 0.1) is 11.7 Å². The molecule has 86 valence electrons. The van der Waals surface area contributed by atoms with Crippen molar-refractivity contribution in [1.82, 2.24) is 0 Å². The maximum atomic E-state index is 13.3. The second-order valence-electron chi connectivity index (χ2n) is 4.10. The molecule has 1 fully saturated rings. The van der Waals surface area contributed by atoms with Gasteiger partial charge in [0.15, 0.2) is 0 Å². The van der Waals surface area contributed by atoms with Crippen LogP contribution in [0.2, 0.25) is 0 Å². The summed E-state index contributed by atoms with van der Waals surface area (Å²) in [5, 5.41) is 0. The third-order valence-electron chi connectivity index (χ3n) is 3.02. The minimum absolute atomic E-state index is 0.128. The van der Waals surface area contributed by atoms with Crippen molar-refractivity contribution in [1.29, 1.82) is 0 Å². The molecule has 1 unspecified atom stereocenters. The first-order chi connectivity index (χ1) is 7.72. The van der Waals surface area contributed by atoms with Gasteiger partial charge in [0.1, 0.15) is 12.1 Å². The topological polar surface area (TPSA) is 46.3 Å². The monoisotopic (exact) mass is 222 g/mol. The lowest BCUT2D eigenvalue weighted by Crippen LogP contribution is -2.40. The van der Waals surface area contributed by atoms with Crippen molar-refractivity contribution in [3.63, 3.8) is 0 Å². The Labute approximate surface area is 94.0 Å². The Hall–Kier alpha value is -1.58. The molecule has 1 saturated heterocycles. The molecule has 0 amide bonds. The first kappa shape index (κ1) is 10.9. The normalized spacial score (nSPS) is 20.8. The molecule has 0 spiro atoms. The largest absolute Gasteiger partial charge is 0.396 e. The molecule has 1 aromatic carbocycles. The number of carbonyl (C=O) groups is 1. The molecule has 0 radical (unpaired) electrons. The van der Waals surface area contributed by atoms with Crippen LogP contribution in [0, 0.1) is 5.82 Å². The number of piperidine rings is 1. The Balaban J connectivity index is 2.27. The van der Waals surface area contributed by atoms with Crippen LogP contribution >= 0.6 is 0 Å². The van der Waals surface area contributed by atoms with Gasteiger partial charge in [-0.05, 0) is 37.5 Å². The van der Waals surface area contributed by atoms with E-state index < -0.39 is 5.82 Å². The molecular weight excluding hydrogens is 207 g/mol. The number of rotatable bonds is 2. The van der Waals surface area contributed by atoms with Gasteiger partial charge in [0.2, 0.25) is 0 Å². The van der Waals surface area contributed by atoms with Crippen LogP contribution in [0.4, 0.5) is 15.8 Å². The van der Waals surface area contributed by atoms with Crippen molar-refractivity contribution < 1.29 is 9.18 Å². The number of nitrogens with zero attached hydrogens (tertiary/aromatic N) is 1. The summed E-state index contributed by atoms with van der Waals surface area (Å²) in [4.78, 5) is 12.9. The van der Waals surface area contributed by atoms with Gasteiger partial charge >= 0.3 is 0 Å². The van der Waals surface area contributed by atoms with Gasteiger partial charge in [-0.2, -0.15) is 0 Å². The smallest absolute Gasteiger partial charge is 0.148 e. The summed E-state index contributed by atoms with van der Waals surface area (Å²) >= 11 is 0. The third kappa shape index (κ3) is 2.01. The fraction of sp³-hybridized carbons (Fsp3) is 0.417. The van der Waals surface area contributed by atoms with Gasteiger partial charge in [-0.1, -0.05) is 0 Å². The summed E-state index contributed by atoms with van der Waals surface area (Å²) in [6.07, 6.45) is 3.87. The van der Waals surface area contributed by atoms with Gasteiger partial charge in [-0.25, -0.2) is 4.39 Å². The van der Waals surface area contributed by atoms with Gasteiger partial charge in [-0.15, -0.1) is 0 Å². The zero-order chi connectivity index (χ0) is 11.5. The average molecular weight is 222 g/mol. The van der Waals surface area contributed by atoms with E-state index >= 15 is 0 Å². The van der Waals surface area contributed by atoms with E-state index in [1.165, 1.54) is 6.07 Å². The van der Waals surface area contributed by atoms with Crippen molar-refractivity contribution in [2.75, 3.05) is 17.2 Å². The summed E-state index contributed by atoms with van der Waals surface area (Å²) in [5.74, 6) is -0.423. The van der Waals surface area contributed by atoms with E-state index in [4.69, 9.17) is 5.73 Å². The number of anilines is 2. The lowest BCUT2D eigenvalue weighted by Gasteiger charge is -2.34. The van der Waals surface area contributed by atoms with Crippen LogP contribution in [0.15, 0.2) is 18.2 Å². The molecule has 1 aliphatic rings. The van der Waals surface area contributed by atoms with E-state index in [1.807, 2.05) is 4.90 Å². The number of aldehydes is 1. The standard InChI is InChI=1S/C12H15FN2O/c13-11-7-9(4-5-12(11)14)15-6-2-1-3-10(15)8-16/h4-5,7-8,10H,1-3,6,14H2. The molecule has 1 atom stereocenters. The molecule has 0 bridgehead atoms. The van der Waals surface area contributed by atoms with E-state index in [9.17, 15) is 9.18 Å². The maximum Gasteiger partial charge on any atom is 0.148 e. The highest BCUT2D eigenvalue weighted by atomic mass is 19.1. The van der Waals surface area contributed by atoms with Crippen molar-refractivity contribution in [3.8, 4) is 0 Å². The number of nitrogen functional groups attached to an aromatic ring is 1. The van der Waals surface area contributed by atoms with Crippen LogP contribution in [0.1, 0.15) is 19.3 Å². The van der Waals surface area contributed by atoms with Crippen LogP contribution in [0.5, 0.6) is 0 Å². The van der Waals surface area contributed by atoms with E-state index in [-0.39, 0.29) is 11.7 Å². The Morgan fingerprint density at radius 3 is 2.94 bits per heavy atom. The minimum atomic E-state index is -0.423. The van der Waals surface area contributed by atoms with Crippen molar-refractivity contribution in [2.45, 2.75) is 25.3 Å². The van der Waals surface area contributed by atoms with Gasteiger partial charge in [0.25, 0.3) is 0 Å². The molecule has 1 aromatic rings. The molecule has 1 heterocycles. The first-order valence-electron chi connectivity index (χ1n) is 5.49. The highest BCUT2D eigenvalue weighted by Crippen LogP contribution is 2.26. The van der Waals surface area contributed by atoms with Crippen LogP contribution in [0.3, 0.4) is 0 Å². The summed E-state index contributed by atoms with van der Waals surface area (Å²) in [7, 11) is 0. The van der Waals surface area contributed by atoms with E-state index in [1.54, 1.807) is 12.1 Å². The third-order valence-corrected chi connectivity index (χ3v) is 3.02. The Morgan fingerprint density at radius 1 is 1.44 bits per heavy atom. The highest BCUT2D eigenvalue weighted by Gasteiger charge is 2.22. The first-order valence-corrected chi connectivity index (χ1v) is 5.49. The molecule has 2 rings (SSSR count).